The molecule has 3 nitrogen and oxygen atoms in total. The Morgan fingerprint density at radius 2 is 1.80 bits per heavy atom. The molecule has 0 aliphatic rings. The van der Waals surface area contributed by atoms with Crippen molar-refractivity contribution in [2.24, 2.45) is 5.16 Å². The van der Waals surface area contributed by atoms with E-state index in [4.69, 9.17) is 9.63 Å². The van der Waals surface area contributed by atoms with Crippen molar-refractivity contribution < 1.29 is 18.4 Å². The van der Waals surface area contributed by atoms with Crippen LogP contribution in [0, 0.1) is 11.6 Å². The zero-order chi connectivity index (χ0) is 15.6. The molecule has 0 unspecified atom stereocenters. The molecule has 0 atom stereocenters. The average molecular weight is 301 g/mol. The molecule has 1 aromatic rings. The van der Waals surface area contributed by atoms with Crippen LogP contribution in [0.5, 0.6) is 0 Å². The van der Waals surface area contributed by atoms with Crippen molar-refractivity contribution in [1.82, 2.24) is 0 Å². The highest BCUT2D eigenvalue weighted by Crippen LogP contribution is 2.37. The molecule has 6 heteroatoms. The predicted molar refractivity (Wildman–Crippen MR) is 77.7 cm³/mol. The maximum absolute atomic E-state index is 13.9. The lowest BCUT2D eigenvalue weighted by molar-refractivity contribution is 0.270. The zero-order valence-corrected chi connectivity index (χ0v) is 13.5. The van der Waals surface area contributed by atoms with Crippen LogP contribution in [0.3, 0.4) is 0 Å². The monoisotopic (exact) mass is 301 g/mol. The Kier molecular flexibility index (Phi) is 5.04. The molecular weight excluding hydrogens is 280 g/mol. The first kappa shape index (κ1) is 16.8. The van der Waals surface area contributed by atoms with E-state index in [1.54, 1.807) is 0 Å². The number of halogens is 2. The van der Waals surface area contributed by atoms with Gasteiger partial charge < -0.3 is 9.63 Å². The minimum atomic E-state index is -2.07. The molecule has 1 aromatic carbocycles. The Hall–Kier alpha value is -1.27. The van der Waals surface area contributed by atoms with Gasteiger partial charge in [-0.25, -0.2) is 8.78 Å². The number of oxime groups is 1. The van der Waals surface area contributed by atoms with Crippen LogP contribution in [-0.2, 0) is 11.0 Å². The highest BCUT2D eigenvalue weighted by molar-refractivity contribution is 6.74. The van der Waals surface area contributed by atoms with Gasteiger partial charge in [0.15, 0.2) is 8.32 Å². The Labute approximate surface area is 119 Å². The minimum Gasteiger partial charge on any atom is -0.412 e. The maximum atomic E-state index is 13.9. The van der Waals surface area contributed by atoms with Crippen molar-refractivity contribution in [2.75, 3.05) is 0 Å². The lowest BCUT2D eigenvalue weighted by Crippen LogP contribution is -2.40. The first-order valence-corrected chi connectivity index (χ1v) is 9.29. The molecular formula is C14H21F2NO2Si. The van der Waals surface area contributed by atoms with Gasteiger partial charge >= 0.3 is 0 Å². The summed E-state index contributed by atoms with van der Waals surface area (Å²) in [5.41, 5.74) is -0.00108. The van der Waals surface area contributed by atoms with Crippen LogP contribution in [0.15, 0.2) is 17.3 Å². The van der Waals surface area contributed by atoms with Crippen molar-refractivity contribution in [1.29, 1.82) is 0 Å². The van der Waals surface area contributed by atoms with Crippen LogP contribution in [-0.4, -0.2) is 19.7 Å². The number of benzene rings is 1. The summed E-state index contributed by atoms with van der Waals surface area (Å²) in [5, 5.41) is 11.3. The maximum Gasteiger partial charge on any atom is 0.192 e. The van der Waals surface area contributed by atoms with Gasteiger partial charge in [-0.15, -0.1) is 0 Å². The van der Waals surface area contributed by atoms with Gasteiger partial charge in [-0.2, -0.15) is 0 Å². The summed E-state index contributed by atoms with van der Waals surface area (Å²) in [6.45, 7) is 10.2. The molecule has 0 heterocycles. The fraction of sp³-hybridized carbons (Fsp3) is 0.500. The fourth-order valence-corrected chi connectivity index (χ4v) is 2.36. The van der Waals surface area contributed by atoms with Crippen LogP contribution in [0.25, 0.3) is 0 Å². The van der Waals surface area contributed by atoms with Gasteiger partial charge in [-0.1, -0.05) is 25.9 Å². The van der Waals surface area contributed by atoms with Crippen LogP contribution in [0.2, 0.25) is 18.1 Å². The molecule has 1 N–H and O–H groups in total. The van der Waals surface area contributed by atoms with Crippen LogP contribution >= 0.6 is 0 Å². The topological polar surface area (TPSA) is 41.8 Å². The summed E-state index contributed by atoms with van der Waals surface area (Å²) in [6.07, 6.45) is 0.892. The minimum absolute atomic E-state index is 0.0258. The normalized spacial score (nSPS) is 13.2. The summed E-state index contributed by atoms with van der Waals surface area (Å²) in [4.78, 5) is 0. The van der Waals surface area contributed by atoms with Crippen molar-refractivity contribution in [2.45, 2.75) is 45.5 Å². The Balaban J connectivity index is 3.07. The summed E-state index contributed by atoms with van der Waals surface area (Å²) >= 11 is 0. The number of hydrogen-bond acceptors (Lipinski definition) is 3. The van der Waals surface area contributed by atoms with E-state index in [0.29, 0.717) is 0 Å². The lowest BCUT2D eigenvalue weighted by Gasteiger charge is -2.36. The molecule has 112 valence electrons. The van der Waals surface area contributed by atoms with E-state index in [2.05, 4.69) is 25.9 Å². The molecule has 0 aromatic heterocycles. The third-order valence-corrected chi connectivity index (χ3v) is 8.30. The van der Waals surface area contributed by atoms with Gasteiger partial charge in [0, 0.05) is 11.1 Å². The number of nitrogens with zero attached hydrogens (tertiary/aromatic N) is 1. The fourth-order valence-electron chi connectivity index (χ4n) is 1.42. The molecule has 0 fully saturated rings. The van der Waals surface area contributed by atoms with Gasteiger partial charge in [0.25, 0.3) is 0 Å². The zero-order valence-electron chi connectivity index (χ0n) is 12.5. The van der Waals surface area contributed by atoms with E-state index >= 15 is 0 Å². The van der Waals surface area contributed by atoms with Crippen molar-refractivity contribution in [3.05, 3.63) is 34.9 Å². The first-order valence-electron chi connectivity index (χ1n) is 6.38. The Morgan fingerprint density at radius 3 is 2.30 bits per heavy atom. The molecule has 0 radical (unpaired) electrons. The average Bonchev–Trinajstić information content (AvgIpc) is 2.32. The van der Waals surface area contributed by atoms with E-state index in [-0.39, 0.29) is 22.8 Å². The second kappa shape index (κ2) is 6.01. The van der Waals surface area contributed by atoms with E-state index in [1.807, 2.05) is 13.1 Å². The highest BCUT2D eigenvalue weighted by Gasteiger charge is 2.37. The van der Waals surface area contributed by atoms with Crippen molar-refractivity contribution >= 4 is 14.5 Å². The standard InChI is InChI=1S/C14H21F2NO2Si/c1-14(2,3)20(4,5)19-9-11-10(8-17-18)12(15)6-7-13(11)16/h6-8,18H,9H2,1-5H3/b17-8+. The Morgan fingerprint density at radius 1 is 1.25 bits per heavy atom. The summed E-state index contributed by atoms with van der Waals surface area (Å²) in [7, 11) is -2.07. The second-order valence-corrected chi connectivity index (χ2v) is 11.0. The largest absolute Gasteiger partial charge is 0.412 e. The van der Waals surface area contributed by atoms with Crippen LogP contribution in [0.1, 0.15) is 31.9 Å². The highest BCUT2D eigenvalue weighted by atomic mass is 28.4. The summed E-state index contributed by atoms with van der Waals surface area (Å²) < 4.78 is 33.4. The third-order valence-electron chi connectivity index (χ3n) is 3.82. The molecule has 0 aliphatic carbocycles. The van der Waals surface area contributed by atoms with Crippen molar-refractivity contribution in [3.8, 4) is 0 Å². The molecule has 0 spiro atoms. The van der Waals surface area contributed by atoms with E-state index < -0.39 is 20.0 Å². The van der Waals surface area contributed by atoms with Crippen LogP contribution in [0.4, 0.5) is 8.78 Å². The number of hydrogen-bond donors (Lipinski definition) is 1. The molecule has 20 heavy (non-hydrogen) atoms. The Bertz CT molecular complexity index is 511. The lowest BCUT2D eigenvalue weighted by atomic mass is 10.1. The quantitative estimate of drug-likeness (QED) is 0.390. The van der Waals surface area contributed by atoms with Gasteiger partial charge in [-0.05, 0) is 30.3 Å². The predicted octanol–water partition coefficient (Wildman–Crippen LogP) is 4.29. The summed E-state index contributed by atoms with van der Waals surface area (Å²) in [5.74, 6) is -1.21. The molecule has 0 amide bonds. The van der Waals surface area contributed by atoms with E-state index in [9.17, 15) is 8.78 Å². The van der Waals surface area contributed by atoms with Gasteiger partial charge in [-0.3, -0.25) is 0 Å². The number of rotatable bonds is 4. The summed E-state index contributed by atoms with van der Waals surface area (Å²) in [6, 6.07) is 2.05. The van der Waals surface area contributed by atoms with E-state index in [1.165, 1.54) is 0 Å². The molecule has 0 aliphatic heterocycles. The second-order valence-electron chi connectivity index (χ2n) is 6.21. The van der Waals surface area contributed by atoms with Crippen LogP contribution < -0.4 is 0 Å². The van der Waals surface area contributed by atoms with Gasteiger partial charge in [0.05, 0.1) is 12.8 Å². The molecule has 0 bridgehead atoms. The SMILES string of the molecule is CC(C)(C)[Si](C)(C)OCc1c(F)ccc(F)c1/C=N/O. The van der Waals surface area contributed by atoms with E-state index in [0.717, 1.165) is 18.3 Å². The van der Waals surface area contributed by atoms with Gasteiger partial charge in [0.1, 0.15) is 11.6 Å². The third kappa shape index (κ3) is 3.64. The smallest absolute Gasteiger partial charge is 0.192 e. The van der Waals surface area contributed by atoms with Crippen molar-refractivity contribution in [3.63, 3.8) is 0 Å². The molecule has 0 saturated heterocycles. The molecule has 1 rings (SSSR count). The molecule has 0 saturated carbocycles. The van der Waals surface area contributed by atoms with Gasteiger partial charge in [0.2, 0.25) is 0 Å². The first-order chi connectivity index (χ1) is 9.10.